The van der Waals surface area contributed by atoms with Gasteiger partial charge in [-0.3, -0.25) is 0 Å². The largest absolute Gasteiger partial charge is 0.125 e. The lowest BCUT2D eigenvalue weighted by Gasteiger charge is -2.17. The van der Waals surface area contributed by atoms with Crippen LogP contribution in [-0.4, -0.2) is 8.80 Å². The summed E-state index contributed by atoms with van der Waals surface area (Å²) in [6.45, 7) is 6.70. The first-order chi connectivity index (χ1) is 9.18. The van der Waals surface area contributed by atoms with Crippen LogP contribution in [0.4, 0.5) is 0 Å². The van der Waals surface area contributed by atoms with Crippen molar-refractivity contribution in [1.29, 1.82) is 0 Å². The van der Waals surface area contributed by atoms with Crippen LogP contribution in [0.3, 0.4) is 0 Å². The Kier molecular flexibility index (Phi) is 4.75. The molecule has 2 rings (SSSR count). The van der Waals surface area contributed by atoms with Gasteiger partial charge in [0.15, 0.2) is 0 Å². The van der Waals surface area contributed by atoms with Gasteiger partial charge in [0.05, 0.1) is 0 Å². The first-order valence-electron chi connectivity index (χ1n) is 6.78. The molecule has 0 saturated heterocycles. The van der Waals surface area contributed by atoms with E-state index in [9.17, 15) is 0 Å². The molecule has 1 radical (unpaired) electrons. The predicted molar refractivity (Wildman–Crippen MR) is 86.8 cm³/mol. The SMILES string of the molecule is CC(C)=C(C)C[Si](c1ccccc1)c1ccccc1. The van der Waals surface area contributed by atoms with Crippen molar-refractivity contribution >= 4 is 19.2 Å². The molecule has 0 fully saturated rings. The van der Waals surface area contributed by atoms with Crippen LogP contribution in [0.25, 0.3) is 0 Å². The molecule has 0 bridgehead atoms. The standard InChI is InChI=1S/C18H21Si/c1-15(2)16(3)14-19(17-10-6-4-7-11-17)18-12-8-5-9-13-18/h4-13H,14H2,1-3H3. The summed E-state index contributed by atoms with van der Waals surface area (Å²) in [7, 11) is -0.701. The molecular formula is C18H21Si. The molecule has 0 nitrogen and oxygen atoms in total. The van der Waals surface area contributed by atoms with Gasteiger partial charge in [-0.15, -0.1) is 0 Å². The van der Waals surface area contributed by atoms with E-state index in [0.717, 1.165) is 0 Å². The van der Waals surface area contributed by atoms with Crippen molar-refractivity contribution in [2.24, 2.45) is 0 Å². The summed E-state index contributed by atoms with van der Waals surface area (Å²) in [6.07, 6.45) is 0. The van der Waals surface area contributed by atoms with Gasteiger partial charge in [0.2, 0.25) is 0 Å². The van der Waals surface area contributed by atoms with Crippen LogP contribution >= 0.6 is 0 Å². The average molecular weight is 265 g/mol. The topological polar surface area (TPSA) is 0 Å². The highest BCUT2D eigenvalue weighted by Crippen LogP contribution is 2.11. The van der Waals surface area contributed by atoms with E-state index in [1.54, 1.807) is 0 Å². The maximum Gasteiger partial charge on any atom is 0.125 e. The Morgan fingerprint density at radius 3 is 1.53 bits per heavy atom. The Morgan fingerprint density at radius 2 is 1.16 bits per heavy atom. The number of hydrogen-bond acceptors (Lipinski definition) is 0. The second-order valence-electron chi connectivity index (χ2n) is 5.17. The summed E-state index contributed by atoms with van der Waals surface area (Å²) in [5.41, 5.74) is 2.98. The fraction of sp³-hybridized carbons (Fsp3) is 0.222. The highest BCUT2D eigenvalue weighted by atomic mass is 28.3. The molecule has 97 valence electrons. The number of allylic oxidation sites excluding steroid dienone is 2. The normalized spacial score (nSPS) is 10.5. The van der Waals surface area contributed by atoms with Crippen molar-refractivity contribution in [3.05, 3.63) is 71.8 Å². The van der Waals surface area contributed by atoms with Crippen molar-refractivity contribution in [1.82, 2.24) is 0 Å². The van der Waals surface area contributed by atoms with E-state index in [4.69, 9.17) is 0 Å². The van der Waals surface area contributed by atoms with Gasteiger partial charge in [-0.2, -0.15) is 0 Å². The lowest BCUT2D eigenvalue weighted by molar-refractivity contribution is 1.22. The van der Waals surface area contributed by atoms with Crippen LogP contribution in [0, 0.1) is 0 Å². The van der Waals surface area contributed by atoms with Gasteiger partial charge in [0.25, 0.3) is 0 Å². The fourth-order valence-electron chi connectivity index (χ4n) is 2.09. The third kappa shape index (κ3) is 3.68. The minimum atomic E-state index is -0.701. The molecule has 0 amide bonds. The zero-order valence-corrected chi connectivity index (χ0v) is 13.0. The van der Waals surface area contributed by atoms with E-state index in [2.05, 4.69) is 81.4 Å². The second-order valence-corrected chi connectivity index (χ2v) is 7.63. The maximum atomic E-state index is 2.28. The van der Waals surface area contributed by atoms with Crippen molar-refractivity contribution < 1.29 is 0 Å². The minimum absolute atomic E-state index is 0.701. The molecule has 19 heavy (non-hydrogen) atoms. The molecule has 0 spiro atoms. The van der Waals surface area contributed by atoms with Gasteiger partial charge in [0, 0.05) is 0 Å². The van der Waals surface area contributed by atoms with Crippen LogP contribution in [0.2, 0.25) is 6.04 Å². The minimum Gasteiger partial charge on any atom is -0.0778 e. The molecule has 0 aliphatic rings. The highest BCUT2D eigenvalue weighted by molar-refractivity contribution is 6.85. The average Bonchev–Trinajstić information content (AvgIpc) is 2.46. The molecular weight excluding hydrogens is 244 g/mol. The zero-order chi connectivity index (χ0) is 13.7. The first-order valence-corrected chi connectivity index (χ1v) is 8.49. The van der Waals surface area contributed by atoms with Crippen LogP contribution in [-0.2, 0) is 0 Å². The van der Waals surface area contributed by atoms with Gasteiger partial charge < -0.3 is 0 Å². The van der Waals surface area contributed by atoms with E-state index in [-0.39, 0.29) is 0 Å². The van der Waals surface area contributed by atoms with Crippen molar-refractivity contribution in [2.45, 2.75) is 26.8 Å². The van der Waals surface area contributed by atoms with Crippen LogP contribution < -0.4 is 10.4 Å². The molecule has 0 N–H and O–H groups in total. The summed E-state index contributed by atoms with van der Waals surface area (Å²) >= 11 is 0. The molecule has 1 heteroatoms. The predicted octanol–water partition coefficient (Wildman–Crippen LogP) is 3.65. The molecule has 0 aliphatic carbocycles. The third-order valence-corrected chi connectivity index (χ3v) is 6.48. The second kappa shape index (κ2) is 6.53. The zero-order valence-electron chi connectivity index (χ0n) is 12.0. The molecule has 0 saturated carbocycles. The summed E-state index contributed by atoms with van der Waals surface area (Å²) in [5, 5.41) is 3.00. The van der Waals surface area contributed by atoms with E-state index in [1.165, 1.54) is 27.6 Å². The molecule has 2 aromatic carbocycles. The highest BCUT2D eigenvalue weighted by Gasteiger charge is 2.17. The number of rotatable bonds is 4. The first kappa shape index (κ1) is 13.8. The van der Waals surface area contributed by atoms with E-state index in [1.807, 2.05) is 0 Å². The molecule has 0 aliphatic heterocycles. The molecule has 2 aromatic rings. The Morgan fingerprint density at radius 1 is 0.737 bits per heavy atom. The van der Waals surface area contributed by atoms with Crippen molar-refractivity contribution in [3.8, 4) is 0 Å². The van der Waals surface area contributed by atoms with Gasteiger partial charge in [-0.25, -0.2) is 0 Å². The lowest BCUT2D eigenvalue weighted by Crippen LogP contribution is -2.42. The summed E-state index contributed by atoms with van der Waals surface area (Å²) in [6, 6.07) is 23.1. The molecule has 0 atom stereocenters. The van der Waals surface area contributed by atoms with E-state index in [0.29, 0.717) is 0 Å². The number of benzene rings is 2. The molecule has 0 aromatic heterocycles. The summed E-state index contributed by atoms with van der Waals surface area (Å²) in [4.78, 5) is 0. The summed E-state index contributed by atoms with van der Waals surface area (Å²) < 4.78 is 0. The Labute approximate surface area is 118 Å². The Hall–Kier alpha value is -1.60. The summed E-state index contributed by atoms with van der Waals surface area (Å²) in [5.74, 6) is 0. The number of hydrogen-bond donors (Lipinski definition) is 0. The smallest absolute Gasteiger partial charge is 0.0778 e. The van der Waals surface area contributed by atoms with Gasteiger partial charge in [-0.1, -0.05) is 82.2 Å². The monoisotopic (exact) mass is 265 g/mol. The third-order valence-electron chi connectivity index (χ3n) is 3.54. The lowest BCUT2D eigenvalue weighted by atomic mass is 10.2. The van der Waals surface area contributed by atoms with Crippen LogP contribution in [0.5, 0.6) is 0 Å². The van der Waals surface area contributed by atoms with Gasteiger partial charge >= 0.3 is 0 Å². The van der Waals surface area contributed by atoms with Crippen molar-refractivity contribution in [2.75, 3.05) is 0 Å². The van der Waals surface area contributed by atoms with Gasteiger partial charge in [0.1, 0.15) is 8.80 Å². The Bertz CT molecular complexity index is 497. The van der Waals surface area contributed by atoms with Gasteiger partial charge in [-0.05, 0) is 26.8 Å². The van der Waals surface area contributed by atoms with Crippen LogP contribution in [0.1, 0.15) is 20.8 Å². The molecule has 0 heterocycles. The fourth-order valence-corrected chi connectivity index (χ4v) is 4.91. The Balaban J connectivity index is 2.38. The maximum absolute atomic E-state index is 2.28. The van der Waals surface area contributed by atoms with E-state index < -0.39 is 8.80 Å². The molecule has 0 unspecified atom stereocenters. The van der Waals surface area contributed by atoms with Crippen molar-refractivity contribution in [3.63, 3.8) is 0 Å². The van der Waals surface area contributed by atoms with Crippen LogP contribution in [0.15, 0.2) is 71.8 Å². The quantitative estimate of drug-likeness (QED) is 0.585. The van der Waals surface area contributed by atoms with E-state index >= 15 is 0 Å².